The normalized spacial score (nSPS) is 30.7. The Balaban J connectivity index is 1.97. The van der Waals surface area contributed by atoms with Crippen molar-refractivity contribution >= 4 is 17.5 Å². The van der Waals surface area contributed by atoms with Gasteiger partial charge in [-0.25, -0.2) is 0 Å². The van der Waals surface area contributed by atoms with Gasteiger partial charge in [0.2, 0.25) is 5.91 Å². The van der Waals surface area contributed by atoms with Crippen molar-refractivity contribution in [1.29, 1.82) is 0 Å². The maximum atomic E-state index is 12.8. The van der Waals surface area contributed by atoms with E-state index in [0.717, 1.165) is 12.8 Å². The maximum absolute atomic E-state index is 12.8. The van der Waals surface area contributed by atoms with Gasteiger partial charge in [0.1, 0.15) is 5.75 Å². The Morgan fingerprint density at radius 1 is 1.31 bits per heavy atom. The zero-order valence-electron chi connectivity index (χ0n) is 15.3. The number of aliphatic hydroxyl groups excluding tert-OH is 1. The Morgan fingerprint density at radius 3 is 2.58 bits per heavy atom. The van der Waals surface area contributed by atoms with E-state index in [4.69, 9.17) is 21.1 Å². The van der Waals surface area contributed by atoms with Crippen molar-refractivity contribution in [2.24, 2.45) is 0 Å². The topological polar surface area (TPSA) is 67.8 Å². The summed E-state index contributed by atoms with van der Waals surface area (Å²) in [7, 11) is 3.22. The minimum atomic E-state index is -0.873. The molecule has 0 radical (unpaired) electrons. The number of rotatable bonds is 3. The predicted molar refractivity (Wildman–Crippen MR) is 99.4 cm³/mol. The van der Waals surface area contributed by atoms with Crippen LogP contribution in [-0.2, 0) is 9.53 Å². The van der Waals surface area contributed by atoms with Crippen LogP contribution < -0.4 is 10.1 Å². The molecule has 26 heavy (non-hydrogen) atoms. The van der Waals surface area contributed by atoms with E-state index in [9.17, 15) is 9.90 Å². The van der Waals surface area contributed by atoms with Crippen LogP contribution in [0, 0.1) is 11.8 Å². The molecule has 1 aromatic carbocycles. The second-order valence-electron chi connectivity index (χ2n) is 6.95. The molecule has 1 amide bonds. The molecule has 1 saturated carbocycles. The highest BCUT2D eigenvalue weighted by atomic mass is 35.5. The molecule has 6 heteroatoms. The summed E-state index contributed by atoms with van der Waals surface area (Å²) in [6.07, 6.45) is 2.26. The Hall–Kier alpha value is -1.74. The lowest BCUT2D eigenvalue weighted by molar-refractivity contribution is -0.121. The van der Waals surface area contributed by atoms with Crippen LogP contribution in [0.4, 0.5) is 0 Å². The molecule has 1 aromatic rings. The molecule has 2 fully saturated rings. The first-order valence-corrected chi connectivity index (χ1v) is 9.16. The molecule has 0 bridgehead atoms. The highest BCUT2D eigenvalue weighted by Gasteiger charge is 2.55. The van der Waals surface area contributed by atoms with E-state index in [1.807, 2.05) is 0 Å². The predicted octanol–water partition coefficient (Wildman–Crippen LogP) is 2.62. The molecule has 1 heterocycles. The largest absolute Gasteiger partial charge is 0.496 e. The summed E-state index contributed by atoms with van der Waals surface area (Å²) in [6, 6.07) is 3.47. The van der Waals surface area contributed by atoms with Gasteiger partial charge in [0, 0.05) is 23.3 Å². The summed E-state index contributed by atoms with van der Waals surface area (Å²) in [6.45, 7) is 1.74. The van der Waals surface area contributed by atoms with E-state index in [-0.39, 0.29) is 12.0 Å². The second-order valence-corrected chi connectivity index (χ2v) is 7.36. The minimum absolute atomic E-state index is 0.175. The Bertz CT molecular complexity index is 759. The van der Waals surface area contributed by atoms with Gasteiger partial charge in [-0.2, -0.15) is 0 Å². The van der Waals surface area contributed by atoms with Gasteiger partial charge in [0.15, 0.2) is 0 Å². The number of halogens is 1. The summed E-state index contributed by atoms with van der Waals surface area (Å²) in [5.74, 6) is 5.25. The third-order valence-electron chi connectivity index (χ3n) is 5.59. The summed E-state index contributed by atoms with van der Waals surface area (Å²) in [5.41, 5.74) is 0.598. The van der Waals surface area contributed by atoms with Crippen LogP contribution in [0.1, 0.15) is 49.7 Å². The molecule has 3 rings (SSSR count). The molecule has 1 saturated heterocycles. The van der Waals surface area contributed by atoms with E-state index >= 15 is 0 Å². The molecular formula is C20H24ClNO4. The summed E-state index contributed by atoms with van der Waals surface area (Å²) in [4.78, 5) is 12.8. The smallest absolute Gasteiger partial charge is 0.230 e. The molecule has 2 unspecified atom stereocenters. The highest BCUT2D eigenvalue weighted by molar-refractivity contribution is 6.32. The zero-order valence-corrected chi connectivity index (χ0v) is 16.0. The first-order chi connectivity index (χ1) is 12.5. The lowest BCUT2D eigenvalue weighted by Gasteiger charge is -2.39. The number of methoxy groups -OCH3 is 2. The van der Waals surface area contributed by atoms with Crippen molar-refractivity contribution in [3.63, 3.8) is 0 Å². The van der Waals surface area contributed by atoms with Crippen molar-refractivity contribution < 1.29 is 19.4 Å². The van der Waals surface area contributed by atoms with Crippen LogP contribution in [0.2, 0.25) is 5.02 Å². The highest BCUT2D eigenvalue weighted by Crippen LogP contribution is 2.46. The van der Waals surface area contributed by atoms with Crippen LogP contribution in [0.25, 0.3) is 0 Å². The van der Waals surface area contributed by atoms with Gasteiger partial charge in [-0.15, -0.1) is 5.92 Å². The third kappa shape index (κ3) is 3.18. The van der Waals surface area contributed by atoms with Gasteiger partial charge in [0.25, 0.3) is 0 Å². The second kappa shape index (κ2) is 7.48. The van der Waals surface area contributed by atoms with Crippen molar-refractivity contribution in [2.45, 2.75) is 56.3 Å². The first kappa shape index (κ1) is 19.0. The Labute approximate surface area is 159 Å². The van der Waals surface area contributed by atoms with Gasteiger partial charge >= 0.3 is 0 Å². The van der Waals surface area contributed by atoms with Gasteiger partial charge in [-0.05, 0) is 44.7 Å². The molecule has 1 spiro atoms. The van der Waals surface area contributed by atoms with Gasteiger partial charge in [-0.3, -0.25) is 4.79 Å². The van der Waals surface area contributed by atoms with Gasteiger partial charge < -0.3 is 19.9 Å². The van der Waals surface area contributed by atoms with Crippen LogP contribution >= 0.6 is 11.6 Å². The van der Waals surface area contributed by atoms with Crippen molar-refractivity contribution in [3.05, 3.63) is 28.3 Å². The number of hydrogen-bond acceptors (Lipinski definition) is 4. The van der Waals surface area contributed by atoms with E-state index in [0.29, 0.717) is 34.7 Å². The fourth-order valence-electron chi connectivity index (χ4n) is 4.19. The number of carbonyl (C=O) groups excluding carboxylic acids is 1. The first-order valence-electron chi connectivity index (χ1n) is 8.79. The van der Waals surface area contributed by atoms with Crippen LogP contribution in [0.5, 0.6) is 5.75 Å². The van der Waals surface area contributed by atoms with Gasteiger partial charge in [-0.1, -0.05) is 17.5 Å². The molecule has 1 aliphatic heterocycles. The number of carbonyl (C=O) groups is 1. The lowest BCUT2D eigenvalue weighted by Crippen LogP contribution is -2.52. The lowest BCUT2D eigenvalue weighted by atomic mass is 9.74. The van der Waals surface area contributed by atoms with Crippen molar-refractivity contribution in [3.8, 4) is 17.6 Å². The van der Waals surface area contributed by atoms with E-state index in [2.05, 4.69) is 17.2 Å². The fourth-order valence-corrected chi connectivity index (χ4v) is 4.52. The Morgan fingerprint density at radius 2 is 2.00 bits per heavy atom. The third-order valence-corrected chi connectivity index (χ3v) is 5.90. The average molecular weight is 378 g/mol. The van der Waals surface area contributed by atoms with Crippen LogP contribution in [0.15, 0.2) is 12.1 Å². The number of aliphatic hydroxyl groups is 1. The Kier molecular flexibility index (Phi) is 5.47. The fraction of sp³-hybridized carbons (Fsp3) is 0.550. The SMILES string of the molecule is CC#Cc1cc(Cl)c(C2C(=O)NC3(CCC(OC)CC3)C2O)c(OC)c1. The number of benzene rings is 1. The molecule has 2 N–H and O–H groups in total. The minimum Gasteiger partial charge on any atom is -0.496 e. The van der Waals surface area contributed by atoms with Crippen molar-refractivity contribution in [1.82, 2.24) is 5.32 Å². The molecular weight excluding hydrogens is 354 g/mol. The van der Waals surface area contributed by atoms with E-state index in [1.165, 1.54) is 7.11 Å². The van der Waals surface area contributed by atoms with Crippen LogP contribution in [0.3, 0.4) is 0 Å². The molecule has 5 nitrogen and oxygen atoms in total. The van der Waals surface area contributed by atoms with Gasteiger partial charge in [0.05, 0.1) is 30.8 Å². The summed E-state index contributed by atoms with van der Waals surface area (Å²) in [5, 5.41) is 14.5. The zero-order chi connectivity index (χ0) is 18.9. The number of ether oxygens (including phenoxy) is 2. The number of amides is 1. The molecule has 2 aliphatic rings. The van der Waals surface area contributed by atoms with E-state index < -0.39 is 17.6 Å². The molecule has 0 aromatic heterocycles. The molecule has 1 aliphatic carbocycles. The van der Waals surface area contributed by atoms with Crippen molar-refractivity contribution in [2.75, 3.05) is 14.2 Å². The monoisotopic (exact) mass is 377 g/mol. The molecule has 140 valence electrons. The van der Waals surface area contributed by atoms with Crippen LogP contribution in [-0.4, -0.2) is 43.0 Å². The average Bonchev–Trinajstić information content (AvgIpc) is 2.86. The number of nitrogens with one attached hydrogen (secondary N) is 1. The van der Waals surface area contributed by atoms with E-state index in [1.54, 1.807) is 26.2 Å². The standard InChI is InChI=1S/C20H24ClNO4/c1-4-5-12-10-14(21)16(15(11-12)26-3)17-18(23)20(22-19(17)24)8-6-13(25-2)7-9-20/h10-11,13,17-18,23H,6-9H2,1-3H3,(H,22,24). The maximum Gasteiger partial charge on any atom is 0.230 e. The summed E-state index contributed by atoms with van der Waals surface area (Å²) >= 11 is 6.47. The quantitative estimate of drug-likeness (QED) is 0.794. The molecule has 2 atom stereocenters. The number of hydrogen-bond donors (Lipinski definition) is 2. The summed E-state index contributed by atoms with van der Waals surface area (Å²) < 4.78 is 10.9.